The zero-order valence-corrected chi connectivity index (χ0v) is 10.7. The number of nitrogens with one attached hydrogen (secondary N) is 1. The van der Waals surface area contributed by atoms with Crippen LogP contribution in [0.25, 0.3) is 10.9 Å². The van der Waals surface area contributed by atoms with Gasteiger partial charge in [-0.3, -0.25) is 4.79 Å². The molecular weight excluding hydrogens is 233 g/mol. The van der Waals surface area contributed by atoms with Gasteiger partial charge < -0.3 is 10.1 Å². The van der Waals surface area contributed by atoms with Gasteiger partial charge in [0.2, 0.25) is 0 Å². The lowest BCUT2D eigenvalue weighted by Crippen LogP contribution is -2.22. The molecule has 0 saturated carbocycles. The van der Waals surface area contributed by atoms with Gasteiger partial charge in [-0.1, -0.05) is 13.8 Å². The molecule has 0 unspecified atom stereocenters. The van der Waals surface area contributed by atoms with Crippen molar-refractivity contribution in [2.45, 2.75) is 32.6 Å². The summed E-state index contributed by atoms with van der Waals surface area (Å²) in [7, 11) is 0. The number of carboxylic acid groups (broad SMARTS) is 1. The zero-order valence-electron chi connectivity index (χ0n) is 10.7. The monoisotopic (exact) mass is 249 g/mol. The summed E-state index contributed by atoms with van der Waals surface area (Å²) in [5, 5.41) is 9.74. The summed E-state index contributed by atoms with van der Waals surface area (Å²) in [5.74, 6) is -1.17. The summed E-state index contributed by atoms with van der Waals surface area (Å²) < 4.78 is 13.3. The number of hydrogen-bond donors (Lipinski definition) is 2. The number of carbonyl (C=O) groups is 1. The van der Waals surface area contributed by atoms with Gasteiger partial charge in [0.1, 0.15) is 5.82 Å². The summed E-state index contributed by atoms with van der Waals surface area (Å²) in [4.78, 5) is 14.1. The second-order valence-corrected chi connectivity index (χ2v) is 5.27. The lowest BCUT2D eigenvalue weighted by molar-refractivity contribution is -0.138. The topological polar surface area (TPSA) is 53.1 Å². The van der Waals surface area contributed by atoms with Crippen LogP contribution in [0.15, 0.2) is 18.2 Å². The van der Waals surface area contributed by atoms with Crippen molar-refractivity contribution < 1.29 is 14.3 Å². The highest BCUT2D eigenvalue weighted by Gasteiger charge is 2.29. The number of H-pyrrole nitrogens is 1. The highest BCUT2D eigenvalue weighted by atomic mass is 19.1. The number of benzene rings is 1. The van der Waals surface area contributed by atoms with E-state index >= 15 is 0 Å². The van der Waals surface area contributed by atoms with Gasteiger partial charge in [0.25, 0.3) is 0 Å². The van der Waals surface area contributed by atoms with Crippen molar-refractivity contribution in [2.75, 3.05) is 0 Å². The normalized spacial score (nSPS) is 12.0. The molecular formula is C14H16FNO2. The van der Waals surface area contributed by atoms with E-state index in [0.717, 1.165) is 22.2 Å². The first kappa shape index (κ1) is 12.6. The van der Waals surface area contributed by atoms with Crippen molar-refractivity contribution in [3.05, 3.63) is 35.3 Å². The Labute approximate surface area is 105 Å². The fraction of sp³-hybridized carbons (Fsp3) is 0.357. The Bertz CT molecular complexity index is 614. The maximum Gasteiger partial charge on any atom is 0.304 e. The number of aromatic nitrogens is 1. The SMILES string of the molecule is Cc1[nH]c2ccc(F)cc2c1C(C)(C)CC(=O)O. The Kier molecular flexibility index (Phi) is 2.89. The van der Waals surface area contributed by atoms with Gasteiger partial charge in [0.15, 0.2) is 0 Å². The number of aliphatic carboxylic acids is 1. The van der Waals surface area contributed by atoms with Gasteiger partial charge in [-0.25, -0.2) is 4.39 Å². The molecule has 2 N–H and O–H groups in total. The number of halogens is 1. The third-order valence-electron chi connectivity index (χ3n) is 3.22. The van der Waals surface area contributed by atoms with Gasteiger partial charge in [-0.15, -0.1) is 0 Å². The van der Waals surface area contributed by atoms with Gasteiger partial charge in [0, 0.05) is 22.0 Å². The first-order valence-corrected chi connectivity index (χ1v) is 5.81. The van der Waals surface area contributed by atoms with E-state index in [9.17, 15) is 9.18 Å². The molecule has 0 amide bonds. The van der Waals surface area contributed by atoms with E-state index in [1.165, 1.54) is 12.1 Å². The van der Waals surface area contributed by atoms with Crippen LogP contribution >= 0.6 is 0 Å². The third kappa shape index (κ3) is 2.10. The first-order valence-electron chi connectivity index (χ1n) is 5.81. The highest BCUT2D eigenvalue weighted by molar-refractivity contribution is 5.86. The van der Waals surface area contributed by atoms with Gasteiger partial charge in [-0.05, 0) is 30.7 Å². The van der Waals surface area contributed by atoms with Crippen LogP contribution in [0.4, 0.5) is 4.39 Å². The average Bonchev–Trinajstić information content (AvgIpc) is 2.51. The molecule has 4 heteroatoms. The molecule has 1 heterocycles. The molecule has 0 atom stereocenters. The number of hydrogen-bond acceptors (Lipinski definition) is 1. The minimum Gasteiger partial charge on any atom is -0.481 e. The number of fused-ring (bicyclic) bond motifs is 1. The standard InChI is InChI=1S/C14H16FNO2/c1-8-13(14(2,3)7-12(17)18)10-6-9(15)4-5-11(10)16-8/h4-6,16H,7H2,1-3H3,(H,17,18). The van der Waals surface area contributed by atoms with E-state index in [0.29, 0.717) is 0 Å². The second kappa shape index (κ2) is 4.12. The average molecular weight is 249 g/mol. The van der Waals surface area contributed by atoms with Crippen LogP contribution in [0.5, 0.6) is 0 Å². The summed E-state index contributed by atoms with van der Waals surface area (Å²) in [6, 6.07) is 4.53. The number of aryl methyl sites for hydroxylation is 1. The molecule has 18 heavy (non-hydrogen) atoms. The Hall–Kier alpha value is -1.84. The summed E-state index contributed by atoms with van der Waals surface area (Å²) in [5.41, 5.74) is 2.06. The van der Waals surface area contributed by atoms with Crippen molar-refractivity contribution >= 4 is 16.9 Å². The molecule has 0 bridgehead atoms. The summed E-state index contributed by atoms with van der Waals surface area (Å²) >= 11 is 0. The van der Waals surface area contributed by atoms with Crippen LogP contribution in [0, 0.1) is 12.7 Å². The summed E-state index contributed by atoms with van der Waals surface area (Å²) in [6.45, 7) is 5.61. The van der Waals surface area contributed by atoms with Crippen LogP contribution in [0.2, 0.25) is 0 Å². The Morgan fingerprint density at radius 3 is 2.72 bits per heavy atom. The Morgan fingerprint density at radius 1 is 1.44 bits per heavy atom. The second-order valence-electron chi connectivity index (χ2n) is 5.27. The first-order chi connectivity index (χ1) is 8.31. The predicted octanol–water partition coefficient (Wildman–Crippen LogP) is 3.37. The molecule has 0 saturated heterocycles. The number of carboxylic acids is 1. The van der Waals surface area contributed by atoms with Crippen LogP contribution in [0.3, 0.4) is 0 Å². The highest BCUT2D eigenvalue weighted by Crippen LogP contribution is 2.36. The molecule has 0 spiro atoms. The predicted molar refractivity (Wildman–Crippen MR) is 68.3 cm³/mol. The van der Waals surface area contributed by atoms with E-state index in [1.54, 1.807) is 6.07 Å². The molecule has 0 aliphatic rings. The summed E-state index contributed by atoms with van der Waals surface area (Å²) in [6.07, 6.45) is 0.0112. The van der Waals surface area contributed by atoms with Crippen molar-refractivity contribution in [2.24, 2.45) is 0 Å². The van der Waals surface area contributed by atoms with Gasteiger partial charge >= 0.3 is 5.97 Å². The lowest BCUT2D eigenvalue weighted by Gasteiger charge is -2.23. The molecule has 96 valence electrons. The van der Waals surface area contributed by atoms with E-state index < -0.39 is 11.4 Å². The fourth-order valence-electron chi connectivity index (χ4n) is 2.64. The van der Waals surface area contributed by atoms with E-state index in [4.69, 9.17) is 5.11 Å². The van der Waals surface area contributed by atoms with E-state index in [-0.39, 0.29) is 12.2 Å². The smallest absolute Gasteiger partial charge is 0.304 e. The van der Waals surface area contributed by atoms with Gasteiger partial charge in [0.05, 0.1) is 6.42 Å². The maximum atomic E-state index is 13.3. The molecule has 1 aromatic heterocycles. The van der Waals surface area contributed by atoms with Gasteiger partial charge in [-0.2, -0.15) is 0 Å². The van der Waals surface area contributed by atoms with Crippen LogP contribution in [-0.4, -0.2) is 16.1 Å². The number of aromatic amines is 1. The molecule has 0 fully saturated rings. The molecule has 3 nitrogen and oxygen atoms in total. The van der Waals surface area contributed by atoms with Crippen molar-refractivity contribution in [3.63, 3.8) is 0 Å². The minimum atomic E-state index is -0.856. The van der Waals surface area contributed by atoms with Crippen molar-refractivity contribution in [3.8, 4) is 0 Å². The zero-order chi connectivity index (χ0) is 13.5. The molecule has 0 aliphatic carbocycles. The molecule has 0 radical (unpaired) electrons. The van der Waals surface area contributed by atoms with Crippen LogP contribution < -0.4 is 0 Å². The van der Waals surface area contributed by atoms with Crippen molar-refractivity contribution in [1.82, 2.24) is 4.98 Å². The minimum absolute atomic E-state index is 0.0112. The quantitative estimate of drug-likeness (QED) is 0.876. The van der Waals surface area contributed by atoms with Crippen molar-refractivity contribution in [1.29, 1.82) is 0 Å². The van der Waals surface area contributed by atoms with Crippen LogP contribution in [0.1, 0.15) is 31.5 Å². The molecule has 0 aliphatic heterocycles. The third-order valence-corrected chi connectivity index (χ3v) is 3.22. The Morgan fingerprint density at radius 2 is 2.11 bits per heavy atom. The molecule has 2 aromatic rings. The Balaban J connectivity index is 2.65. The molecule has 2 rings (SSSR count). The maximum absolute atomic E-state index is 13.3. The lowest BCUT2D eigenvalue weighted by atomic mass is 9.80. The van der Waals surface area contributed by atoms with E-state index in [1.807, 2.05) is 20.8 Å². The fourth-order valence-corrected chi connectivity index (χ4v) is 2.64. The van der Waals surface area contributed by atoms with E-state index in [2.05, 4.69) is 4.98 Å². The van der Waals surface area contributed by atoms with Crippen LogP contribution in [-0.2, 0) is 10.2 Å². The number of rotatable bonds is 3. The largest absolute Gasteiger partial charge is 0.481 e. The molecule has 1 aromatic carbocycles.